The van der Waals surface area contributed by atoms with Gasteiger partial charge in [-0.3, -0.25) is 4.79 Å². The zero-order valence-corrected chi connectivity index (χ0v) is 11.7. The summed E-state index contributed by atoms with van der Waals surface area (Å²) < 4.78 is 0. The quantitative estimate of drug-likeness (QED) is 0.622. The molecule has 2 aromatic carbocycles. The average Bonchev–Trinajstić information content (AvgIpc) is 2.72. The van der Waals surface area contributed by atoms with Crippen molar-refractivity contribution >= 4 is 11.6 Å². The molecule has 0 bridgehead atoms. The maximum Gasteiger partial charge on any atom is 0.254 e. The predicted molar refractivity (Wildman–Crippen MR) is 82.3 cm³/mol. The van der Waals surface area contributed by atoms with Gasteiger partial charge in [-0.05, 0) is 42.2 Å². The molecule has 1 aliphatic rings. The highest BCUT2D eigenvalue weighted by Crippen LogP contribution is 2.23. The van der Waals surface area contributed by atoms with Gasteiger partial charge in [-0.1, -0.05) is 24.3 Å². The SMILES string of the molecule is Nc1ccc(C(=O)N2CCc3ccccc3CC2)cc1O. The Labute approximate surface area is 123 Å². The Kier molecular flexibility index (Phi) is 3.52. The number of carbonyl (C=O) groups is 1. The molecule has 3 rings (SSSR count). The molecule has 0 unspecified atom stereocenters. The summed E-state index contributed by atoms with van der Waals surface area (Å²) in [6.45, 7) is 1.39. The molecular weight excluding hydrogens is 264 g/mol. The Bertz CT molecular complexity index is 655. The largest absolute Gasteiger partial charge is 0.506 e. The molecule has 0 spiro atoms. The third-order valence-electron chi connectivity index (χ3n) is 3.99. The molecule has 4 heteroatoms. The number of aromatic hydroxyl groups is 1. The second-order valence-corrected chi connectivity index (χ2v) is 5.33. The first-order valence-corrected chi connectivity index (χ1v) is 7.09. The van der Waals surface area contributed by atoms with Crippen molar-refractivity contribution in [2.24, 2.45) is 0 Å². The molecule has 108 valence electrons. The van der Waals surface area contributed by atoms with Crippen LogP contribution in [0, 0.1) is 0 Å². The molecule has 0 aliphatic carbocycles. The molecule has 0 aromatic heterocycles. The summed E-state index contributed by atoms with van der Waals surface area (Å²) in [5.74, 6) is -0.0999. The number of anilines is 1. The van der Waals surface area contributed by atoms with E-state index in [9.17, 15) is 9.90 Å². The molecular formula is C17H18N2O2. The van der Waals surface area contributed by atoms with Gasteiger partial charge in [0.1, 0.15) is 5.75 Å². The van der Waals surface area contributed by atoms with E-state index >= 15 is 0 Å². The van der Waals surface area contributed by atoms with Crippen LogP contribution in [0.2, 0.25) is 0 Å². The third-order valence-corrected chi connectivity index (χ3v) is 3.99. The van der Waals surface area contributed by atoms with Gasteiger partial charge in [0.05, 0.1) is 5.69 Å². The Balaban J connectivity index is 1.79. The number of rotatable bonds is 1. The standard InChI is InChI=1S/C17H18N2O2/c18-15-6-5-14(11-16(15)20)17(21)19-9-7-12-3-1-2-4-13(12)8-10-19/h1-6,11,20H,7-10,18H2. The van der Waals surface area contributed by atoms with E-state index in [1.165, 1.54) is 17.2 Å². The van der Waals surface area contributed by atoms with Crippen LogP contribution in [-0.2, 0) is 12.8 Å². The summed E-state index contributed by atoms with van der Waals surface area (Å²) in [5.41, 5.74) is 8.97. The van der Waals surface area contributed by atoms with Crippen molar-refractivity contribution in [2.45, 2.75) is 12.8 Å². The van der Waals surface area contributed by atoms with Crippen LogP contribution in [0.3, 0.4) is 0 Å². The summed E-state index contributed by atoms with van der Waals surface area (Å²) in [4.78, 5) is 14.4. The highest BCUT2D eigenvalue weighted by Gasteiger charge is 2.20. The van der Waals surface area contributed by atoms with Crippen LogP contribution in [0.25, 0.3) is 0 Å². The average molecular weight is 282 g/mol. The van der Waals surface area contributed by atoms with Gasteiger partial charge in [0.2, 0.25) is 0 Å². The topological polar surface area (TPSA) is 66.6 Å². The zero-order valence-electron chi connectivity index (χ0n) is 11.7. The van der Waals surface area contributed by atoms with Crippen molar-refractivity contribution in [2.75, 3.05) is 18.8 Å². The minimum atomic E-state index is -0.0573. The molecule has 0 fully saturated rings. The summed E-state index contributed by atoms with van der Waals surface area (Å²) in [6, 6.07) is 13.0. The molecule has 0 atom stereocenters. The number of hydrogen-bond donors (Lipinski definition) is 2. The molecule has 0 saturated heterocycles. The van der Waals surface area contributed by atoms with Crippen LogP contribution >= 0.6 is 0 Å². The van der Waals surface area contributed by atoms with Crippen molar-refractivity contribution in [1.82, 2.24) is 4.90 Å². The van der Waals surface area contributed by atoms with Crippen LogP contribution < -0.4 is 5.73 Å². The van der Waals surface area contributed by atoms with E-state index in [0.717, 1.165) is 12.8 Å². The number of benzene rings is 2. The lowest BCUT2D eigenvalue weighted by molar-refractivity contribution is 0.0762. The van der Waals surface area contributed by atoms with E-state index < -0.39 is 0 Å². The van der Waals surface area contributed by atoms with Crippen LogP contribution in [0.1, 0.15) is 21.5 Å². The molecule has 1 heterocycles. The van der Waals surface area contributed by atoms with Gasteiger partial charge < -0.3 is 15.7 Å². The van der Waals surface area contributed by atoms with E-state index in [4.69, 9.17) is 5.73 Å². The van der Waals surface area contributed by atoms with Gasteiger partial charge in [-0.2, -0.15) is 0 Å². The predicted octanol–water partition coefficient (Wildman–Crippen LogP) is 2.22. The van der Waals surface area contributed by atoms with Crippen LogP contribution in [0.5, 0.6) is 5.75 Å². The fourth-order valence-electron chi connectivity index (χ4n) is 2.73. The molecule has 0 radical (unpaired) electrons. The van der Waals surface area contributed by atoms with Crippen LogP contribution in [-0.4, -0.2) is 29.0 Å². The van der Waals surface area contributed by atoms with E-state index in [1.54, 1.807) is 12.1 Å². The Morgan fingerprint density at radius 3 is 2.24 bits per heavy atom. The first-order valence-electron chi connectivity index (χ1n) is 7.09. The summed E-state index contributed by atoms with van der Waals surface area (Å²) in [7, 11) is 0. The summed E-state index contributed by atoms with van der Waals surface area (Å²) in [6.07, 6.45) is 1.73. The van der Waals surface area contributed by atoms with Gasteiger partial charge >= 0.3 is 0 Å². The number of nitrogens with zero attached hydrogens (tertiary/aromatic N) is 1. The zero-order chi connectivity index (χ0) is 14.8. The van der Waals surface area contributed by atoms with E-state index in [-0.39, 0.29) is 17.3 Å². The molecule has 4 nitrogen and oxygen atoms in total. The Morgan fingerprint density at radius 1 is 1.05 bits per heavy atom. The monoisotopic (exact) mass is 282 g/mol. The first kappa shape index (κ1) is 13.5. The minimum Gasteiger partial charge on any atom is -0.506 e. The van der Waals surface area contributed by atoms with Gasteiger partial charge in [0.25, 0.3) is 5.91 Å². The normalized spacial score (nSPS) is 14.4. The fraction of sp³-hybridized carbons (Fsp3) is 0.235. The van der Waals surface area contributed by atoms with Crippen molar-refractivity contribution in [3.05, 3.63) is 59.2 Å². The maximum absolute atomic E-state index is 12.5. The highest BCUT2D eigenvalue weighted by atomic mass is 16.3. The molecule has 21 heavy (non-hydrogen) atoms. The second-order valence-electron chi connectivity index (χ2n) is 5.33. The third kappa shape index (κ3) is 2.70. The smallest absolute Gasteiger partial charge is 0.254 e. The van der Waals surface area contributed by atoms with Crippen molar-refractivity contribution in [3.8, 4) is 5.75 Å². The second kappa shape index (κ2) is 5.48. The Morgan fingerprint density at radius 2 is 1.67 bits per heavy atom. The van der Waals surface area contributed by atoms with Gasteiger partial charge in [-0.15, -0.1) is 0 Å². The number of phenols is 1. The fourth-order valence-corrected chi connectivity index (χ4v) is 2.73. The number of hydrogen-bond acceptors (Lipinski definition) is 3. The molecule has 0 saturated carbocycles. The molecule has 2 aromatic rings. The molecule has 1 amide bonds. The maximum atomic E-state index is 12.5. The van der Waals surface area contributed by atoms with Crippen molar-refractivity contribution in [1.29, 1.82) is 0 Å². The summed E-state index contributed by atoms with van der Waals surface area (Å²) in [5, 5.41) is 9.65. The minimum absolute atomic E-state index is 0.0426. The van der Waals surface area contributed by atoms with Crippen molar-refractivity contribution < 1.29 is 9.90 Å². The van der Waals surface area contributed by atoms with Gasteiger partial charge in [0, 0.05) is 18.7 Å². The van der Waals surface area contributed by atoms with Gasteiger partial charge in [-0.25, -0.2) is 0 Å². The lowest BCUT2D eigenvalue weighted by atomic mass is 10.0. The lowest BCUT2D eigenvalue weighted by Crippen LogP contribution is -2.33. The van der Waals surface area contributed by atoms with Crippen molar-refractivity contribution in [3.63, 3.8) is 0 Å². The summed E-state index contributed by atoms with van der Waals surface area (Å²) >= 11 is 0. The van der Waals surface area contributed by atoms with Gasteiger partial charge in [0.15, 0.2) is 0 Å². The number of fused-ring (bicyclic) bond motifs is 1. The number of phenolic OH excluding ortho intramolecular Hbond substituents is 1. The number of amides is 1. The highest BCUT2D eigenvalue weighted by molar-refractivity contribution is 5.95. The van der Waals surface area contributed by atoms with Crippen LogP contribution in [0.4, 0.5) is 5.69 Å². The molecule has 3 N–H and O–H groups in total. The molecule has 1 aliphatic heterocycles. The van der Waals surface area contributed by atoms with E-state index in [1.807, 2.05) is 17.0 Å². The van der Waals surface area contributed by atoms with Crippen LogP contribution in [0.15, 0.2) is 42.5 Å². The first-order chi connectivity index (χ1) is 10.1. The Hall–Kier alpha value is -2.49. The van der Waals surface area contributed by atoms with E-state index in [0.29, 0.717) is 18.7 Å². The number of nitrogen functional groups attached to an aromatic ring is 1. The lowest BCUT2D eigenvalue weighted by Gasteiger charge is -2.20. The number of nitrogens with two attached hydrogens (primary N) is 1. The number of carbonyl (C=O) groups excluding carboxylic acids is 1. The van der Waals surface area contributed by atoms with E-state index in [2.05, 4.69) is 12.1 Å².